The van der Waals surface area contributed by atoms with Crippen LogP contribution in [0.15, 0.2) is 24.3 Å². The Balaban J connectivity index is 1.57. The van der Waals surface area contributed by atoms with Crippen LogP contribution in [0.25, 0.3) is 0 Å². The van der Waals surface area contributed by atoms with Crippen LogP contribution in [0, 0.1) is 17.3 Å². The Hall–Kier alpha value is -1.75. The van der Waals surface area contributed by atoms with E-state index in [4.69, 9.17) is 14.2 Å². The topological polar surface area (TPSA) is 48.0 Å². The van der Waals surface area contributed by atoms with Gasteiger partial charge in [0.15, 0.2) is 0 Å². The van der Waals surface area contributed by atoms with Crippen molar-refractivity contribution >= 4 is 6.09 Å². The first-order valence-corrected chi connectivity index (χ1v) is 12.9. The van der Waals surface area contributed by atoms with Gasteiger partial charge in [0.25, 0.3) is 0 Å². The number of carbonyl (C=O) groups excluding carboxylic acids is 1. The predicted octanol–water partition coefficient (Wildman–Crippen LogP) is 6.76. The average Bonchev–Trinajstić information content (AvgIpc) is 2.73. The number of para-hydroxylation sites is 1. The molecule has 0 saturated carbocycles. The lowest BCUT2D eigenvalue weighted by Crippen LogP contribution is -2.57. The molecule has 3 aliphatic heterocycles. The molecule has 0 aliphatic carbocycles. The van der Waals surface area contributed by atoms with E-state index in [0.29, 0.717) is 19.1 Å². The lowest BCUT2D eigenvalue weighted by Gasteiger charge is -2.55. The molecule has 2 saturated heterocycles. The molecule has 1 amide bonds. The molecule has 0 radical (unpaired) electrons. The number of hydrogen-bond acceptors (Lipinski definition) is 4. The molecule has 184 valence electrons. The summed E-state index contributed by atoms with van der Waals surface area (Å²) in [6.45, 7) is 14.8. The minimum atomic E-state index is -0.480. The van der Waals surface area contributed by atoms with Crippen LogP contribution in [0.4, 0.5) is 4.79 Å². The normalized spacial score (nSPS) is 31.7. The molecule has 4 rings (SSSR count). The second kappa shape index (κ2) is 9.13. The first kappa shape index (κ1) is 24.4. The number of fused-ring (bicyclic) bond motifs is 3. The van der Waals surface area contributed by atoms with Crippen LogP contribution in [0.2, 0.25) is 0 Å². The largest absolute Gasteiger partial charge is 0.487 e. The van der Waals surface area contributed by atoms with Crippen molar-refractivity contribution in [3.8, 4) is 5.75 Å². The van der Waals surface area contributed by atoms with Gasteiger partial charge in [0.05, 0.1) is 12.7 Å². The van der Waals surface area contributed by atoms with E-state index in [1.54, 1.807) is 0 Å². The second-order valence-electron chi connectivity index (χ2n) is 12.3. The van der Waals surface area contributed by atoms with Crippen molar-refractivity contribution in [2.24, 2.45) is 17.3 Å². The standard InChI is InChI=1S/C28H43NO4/c1-20(2)11-9-14-27(6)22-17-28(15-10-16-29(18-28)25(30)33-26(3,4)5)19-31-24(22)21-12-7-8-13-23(21)32-27/h7-8,12-13,20,22,24H,9-11,14-19H2,1-6H3/t22-,24+,27+,28?/m0/s1. The summed E-state index contributed by atoms with van der Waals surface area (Å²) in [7, 11) is 0. The maximum absolute atomic E-state index is 12.9. The molecular formula is C28H43NO4. The van der Waals surface area contributed by atoms with Gasteiger partial charge in [-0.2, -0.15) is 0 Å². The highest BCUT2D eigenvalue weighted by Crippen LogP contribution is 2.56. The van der Waals surface area contributed by atoms with Crippen LogP contribution in [0.5, 0.6) is 5.75 Å². The molecule has 0 bridgehead atoms. The Morgan fingerprint density at radius 2 is 2.03 bits per heavy atom. The molecular weight excluding hydrogens is 414 g/mol. The summed E-state index contributed by atoms with van der Waals surface area (Å²) >= 11 is 0. The van der Waals surface area contributed by atoms with E-state index in [9.17, 15) is 4.79 Å². The summed E-state index contributed by atoms with van der Waals surface area (Å²) < 4.78 is 19.2. The smallest absolute Gasteiger partial charge is 0.410 e. The third-order valence-corrected chi connectivity index (χ3v) is 7.71. The maximum Gasteiger partial charge on any atom is 0.410 e. The number of nitrogens with zero attached hydrogens (tertiary/aromatic N) is 1. The van der Waals surface area contributed by atoms with Gasteiger partial charge in [0, 0.05) is 30.0 Å². The Labute approximate surface area is 200 Å². The number of hydrogen-bond donors (Lipinski definition) is 0. The van der Waals surface area contributed by atoms with Crippen molar-refractivity contribution in [2.75, 3.05) is 19.7 Å². The van der Waals surface area contributed by atoms with E-state index in [1.807, 2.05) is 25.7 Å². The quantitative estimate of drug-likeness (QED) is 0.501. The number of amides is 1. The first-order chi connectivity index (χ1) is 15.5. The Morgan fingerprint density at radius 1 is 1.27 bits per heavy atom. The highest BCUT2D eigenvalue weighted by Gasteiger charge is 2.54. The van der Waals surface area contributed by atoms with Crippen molar-refractivity contribution in [3.05, 3.63) is 29.8 Å². The van der Waals surface area contributed by atoms with Gasteiger partial charge in [-0.1, -0.05) is 38.5 Å². The first-order valence-electron chi connectivity index (χ1n) is 12.9. The van der Waals surface area contributed by atoms with Crippen molar-refractivity contribution < 1.29 is 19.0 Å². The lowest BCUT2D eigenvalue weighted by molar-refractivity contribution is -0.181. The van der Waals surface area contributed by atoms with Gasteiger partial charge >= 0.3 is 6.09 Å². The molecule has 33 heavy (non-hydrogen) atoms. The number of benzene rings is 1. The van der Waals surface area contributed by atoms with Gasteiger partial charge < -0.3 is 19.1 Å². The molecule has 4 atom stereocenters. The number of likely N-dealkylation sites (tertiary alicyclic amines) is 1. The number of carbonyl (C=O) groups is 1. The zero-order valence-corrected chi connectivity index (χ0v) is 21.5. The van der Waals surface area contributed by atoms with Crippen LogP contribution < -0.4 is 4.74 Å². The molecule has 1 spiro atoms. The summed E-state index contributed by atoms with van der Waals surface area (Å²) in [4.78, 5) is 14.8. The summed E-state index contributed by atoms with van der Waals surface area (Å²) in [6, 6.07) is 8.38. The van der Waals surface area contributed by atoms with E-state index in [2.05, 4.69) is 45.0 Å². The molecule has 2 fully saturated rings. The summed E-state index contributed by atoms with van der Waals surface area (Å²) in [5.41, 5.74) is 0.394. The van der Waals surface area contributed by atoms with E-state index < -0.39 is 5.60 Å². The van der Waals surface area contributed by atoms with E-state index in [-0.39, 0.29) is 29.1 Å². The van der Waals surface area contributed by atoms with Gasteiger partial charge in [-0.25, -0.2) is 4.79 Å². The fourth-order valence-corrected chi connectivity index (χ4v) is 6.07. The third kappa shape index (κ3) is 5.34. The average molecular weight is 458 g/mol. The summed E-state index contributed by atoms with van der Waals surface area (Å²) in [5, 5.41) is 0. The molecule has 5 heteroatoms. The Bertz CT molecular complexity index is 847. The Kier molecular flexibility index (Phi) is 6.74. The van der Waals surface area contributed by atoms with Gasteiger partial charge in [-0.05, 0) is 71.8 Å². The van der Waals surface area contributed by atoms with Gasteiger partial charge in [0.1, 0.15) is 17.0 Å². The van der Waals surface area contributed by atoms with Crippen LogP contribution >= 0.6 is 0 Å². The van der Waals surface area contributed by atoms with Crippen molar-refractivity contribution in [1.29, 1.82) is 0 Å². The maximum atomic E-state index is 12.9. The lowest BCUT2D eigenvalue weighted by atomic mass is 9.64. The van der Waals surface area contributed by atoms with Crippen LogP contribution in [0.3, 0.4) is 0 Å². The minimum Gasteiger partial charge on any atom is -0.487 e. The van der Waals surface area contributed by atoms with Crippen molar-refractivity contribution in [1.82, 2.24) is 4.90 Å². The SMILES string of the molecule is CC(C)CCC[C@@]1(C)Oc2ccccc2[C@H]2OCC3(CCCN(C(=O)OC(C)(C)C)C3)C[C@@H]21. The number of rotatable bonds is 4. The fourth-order valence-electron chi connectivity index (χ4n) is 6.07. The van der Waals surface area contributed by atoms with Gasteiger partial charge in [0.2, 0.25) is 0 Å². The predicted molar refractivity (Wildman–Crippen MR) is 130 cm³/mol. The summed E-state index contributed by atoms with van der Waals surface area (Å²) in [6.07, 6.45) is 6.32. The highest BCUT2D eigenvalue weighted by atomic mass is 16.6. The molecule has 1 aromatic carbocycles. The molecule has 0 N–H and O–H groups in total. The highest BCUT2D eigenvalue weighted by molar-refractivity contribution is 5.68. The monoisotopic (exact) mass is 457 g/mol. The molecule has 0 aromatic heterocycles. The van der Waals surface area contributed by atoms with E-state index >= 15 is 0 Å². The number of piperidine rings is 1. The molecule has 3 aliphatic rings. The zero-order chi connectivity index (χ0) is 23.9. The molecule has 5 nitrogen and oxygen atoms in total. The van der Waals surface area contributed by atoms with E-state index in [1.165, 1.54) is 12.0 Å². The summed E-state index contributed by atoms with van der Waals surface area (Å²) in [5.74, 6) is 1.93. The van der Waals surface area contributed by atoms with Crippen molar-refractivity contribution in [2.45, 2.75) is 97.4 Å². The van der Waals surface area contributed by atoms with Crippen LogP contribution in [-0.2, 0) is 9.47 Å². The van der Waals surface area contributed by atoms with Crippen LogP contribution in [-0.4, -0.2) is 41.9 Å². The zero-order valence-electron chi connectivity index (χ0n) is 21.5. The minimum absolute atomic E-state index is 0.0364. The van der Waals surface area contributed by atoms with Gasteiger partial charge in [-0.3, -0.25) is 0 Å². The molecule has 1 unspecified atom stereocenters. The van der Waals surface area contributed by atoms with Gasteiger partial charge in [-0.15, -0.1) is 0 Å². The molecule has 3 heterocycles. The molecule has 1 aromatic rings. The van der Waals surface area contributed by atoms with E-state index in [0.717, 1.165) is 44.4 Å². The van der Waals surface area contributed by atoms with Crippen LogP contribution in [0.1, 0.15) is 91.7 Å². The fraction of sp³-hybridized carbons (Fsp3) is 0.750. The van der Waals surface area contributed by atoms with Crippen molar-refractivity contribution in [3.63, 3.8) is 0 Å². The Morgan fingerprint density at radius 3 is 2.76 bits per heavy atom. The number of ether oxygens (including phenoxy) is 3. The second-order valence-corrected chi connectivity index (χ2v) is 12.3. The third-order valence-electron chi connectivity index (χ3n) is 7.71.